The smallest absolute Gasteiger partial charge is 0.325 e. The molecule has 1 aliphatic heterocycles. The van der Waals surface area contributed by atoms with Gasteiger partial charge in [0.2, 0.25) is 0 Å². The van der Waals surface area contributed by atoms with Crippen molar-refractivity contribution in [2.45, 2.75) is 32.4 Å². The van der Waals surface area contributed by atoms with Gasteiger partial charge in [-0.25, -0.2) is 4.79 Å². The minimum atomic E-state index is -1.20. The Morgan fingerprint density at radius 3 is 2.45 bits per heavy atom. The van der Waals surface area contributed by atoms with E-state index in [0.29, 0.717) is 5.75 Å². The number of urea groups is 1. The highest BCUT2D eigenvalue weighted by Gasteiger charge is 2.49. The molecule has 3 aromatic carbocycles. The SMILES string of the molecule is Cc1cc(C)cc(OC[C@H](O)CN2C(=O)N[C@](C)(c3cccc4ccccc34)C2=O)c1. The molecule has 1 heterocycles. The summed E-state index contributed by atoms with van der Waals surface area (Å²) in [5, 5.41) is 15.2. The second kappa shape index (κ2) is 8.04. The van der Waals surface area contributed by atoms with Crippen LogP contribution in [0.3, 0.4) is 0 Å². The first-order chi connectivity index (χ1) is 14.8. The molecular formula is C25H26N2O4. The zero-order valence-electron chi connectivity index (χ0n) is 17.9. The molecule has 0 bridgehead atoms. The number of aliphatic hydroxyl groups excluding tert-OH is 1. The van der Waals surface area contributed by atoms with Gasteiger partial charge in [-0.15, -0.1) is 0 Å². The summed E-state index contributed by atoms with van der Waals surface area (Å²) in [4.78, 5) is 27.0. The Hall–Kier alpha value is -3.38. The van der Waals surface area contributed by atoms with Gasteiger partial charge in [-0.2, -0.15) is 0 Å². The van der Waals surface area contributed by atoms with Crippen molar-refractivity contribution in [3.63, 3.8) is 0 Å². The summed E-state index contributed by atoms with van der Waals surface area (Å²) >= 11 is 0. The fourth-order valence-corrected chi connectivity index (χ4v) is 4.18. The highest BCUT2D eigenvalue weighted by Crippen LogP contribution is 2.33. The number of aliphatic hydroxyl groups is 1. The maximum absolute atomic E-state index is 13.3. The van der Waals surface area contributed by atoms with E-state index in [-0.39, 0.29) is 19.1 Å². The van der Waals surface area contributed by atoms with Gasteiger partial charge in [-0.05, 0) is 60.4 Å². The van der Waals surface area contributed by atoms with Crippen LogP contribution < -0.4 is 10.1 Å². The lowest BCUT2D eigenvalue weighted by molar-refractivity contribution is -0.132. The predicted octanol–water partition coefficient (Wildman–Crippen LogP) is 3.66. The summed E-state index contributed by atoms with van der Waals surface area (Å²) < 4.78 is 5.68. The van der Waals surface area contributed by atoms with Gasteiger partial charge in [0, 0.05) is 0 Å². The molecule has 6 nitrogen and oxygen atoms in total. The van der Waals surface area contributed by atoms with Crippen LogP contribution in [0.15, 0.2) is 60.7 Å². The van der Waals surface area contributed by atoms with Crippen LogP contribution in [0.1, 0.15) is 23.6 Å². The number of carbonyl (C=O) groups excluding carboxylic acids is 2. The number of amides is 3. The standard InChI is InChI=1S/C25H26N2O4/c1-16-11-17(2)13-20(12-16)31-15-19(28)14-27-23(29)25(3,26-24(27)30)22-10-6-8-18-7-4-5-9-21(18)22/h4-13,19,28H,14-15H2,1-3H3,(H,26,30)/t19-,25-/m1/s1. The van der Waals surface area contributed by atoms with E-state index in [1.165, 1.54) is 0 Å². The second-order valence-electron chi connectivity index (χ2n) is 8.29. The van der Waals surface area contributed by atoms with Crippen LogP contribution in [-0.4, -0.2) is 41.2 Å². The maximum Gasteiger partial charge on any atom is 0.325 e. The monoisotopic (exact) mass is 418 g/mol. The van der Waals surface area contributed by atoms with E-state index >= 15 is 0 Å². The fraction of sp³-hybridized carbons (Fsp3) is 0.280. The summed E-state index contributed by atoms with van der Waals surface area (Å²) in [6, 6.07) is 18.7. The highest BCUT2D eigenvalue weighted by molar-refractivity contribution is 6.09. The van der Waals surface area contributed by atoms with Crippen molar-refractivity contribution in [1.29, 1.82) is 0 Å². The van der Waals surface area contributed by atoms with Crippen LogP contribution in [0.5, 0.6) is 5.75 Å². The molecule has 0 aromatic heterocycles. The number of ether oxygens (including phenoxy) is 1. The number of aryl methyl sites for hydroxylation is 2. The molecule has 6 heteroatoms. The number of β-amino-alcohol motifs (C(OH)–C–C–N with tert-alkyl or cyclic N) is 1. The van der Waals surface area contributed by atoms with Gasteiger partial charge in [0.25, 0.3) is 5.91 Å². The predicted molar refractivity (Wildman–Crippen MR) is 119 cm³/mol. The Labute approximate surface area is 181 Å². The molecule has 0 radical (unpaired) electrons. The number of fused-ring (bicyclic) bond motifs is 1. The topological polar surface area (TPSA) is 78.9 Å². The number of imide groups is 1. The third-order valence-electron chi connectivity index (χ3n) is 5.63. The van der Waals surface area contributed by atoms with E-state index in [4.69, 9.17) is 4.74 Å². The number of carbonyl (C=O) groups is 2. The molecule has 1 saturated heterocycles. The molecule has 160 valence electrons. The molecule has 0 spiro atoms. The number of benzene rings is 3. The second-order valence-corrected chi connectivity index (χ2v) is 8.29. The lowest BCUT2D eigenvalue weighted by Gasteiger charge is -2.24. The van der Waals surface area contributed by atoms with Crippen molar-refractivity contribution in [3.8, 4) is 5.75 Å². The number of nitrogens with one attached hydrogen (secondary N) is 1. The van der Waals surface area contributed by atoms with Crippen LogP contribution in [0.2, 0.25) is 0 Å². The molecule has 2 N–H and O–H groups in total. The summed E-state index contributed by atoms with van der Waals surface area (Å²) in [5.41, 5.74) is 1.65. The quantitative estimate of drug-likeness (QED) is 0.599. The fourth-order valence-electron chi connectivity index (χ4n) is 4.18. The van der Waals surface area contributed by atoms with Crippen LogP contribution in [0.4, 0.5) is 4.79 Å². The van der Waals surface area contributed by atoms with Gasteiger partial charge in [0.15, 0.2) is 0 Å². The van der Waals surface area contributed by atoms with Crippen molar-refractivity contribution in [2.24, 2.45) is 0 Å². The molecule has 3 aromatic rings. The van der Waals surface area contributed by atoms with E-state index in [2.05, 4.69) is 5.32 Å². The van der Waals surface area contributed by atoms with Gasteiger partial charge >= 0.3 is 6.03 Å². The highest BCUT2D eigenvalue weighted by atomic mass is 16.5. The van der Waals surface area contributed by atoms with Crippen molar-refractivity contribution in [3.05, 3.63) is 77.4 Å². The average molecular weight is 418 g/mol. The summed E-state index contributed by atoms with van der Waals surface area (Å²) in [7, 11) is 0. The van der Waals surface area contributed by atoms with Gasteiger partial charge in [-0.3, -0.25) is 9.69 Å². The summed E-state index contributed by atoms with van der Waals surface area (Å²) in [5.74, 6) is 0.258. The number of nitrogens with zero attached hydrogens (tertiary/aromatic N) is 1. The Balaban J connectivity index is 1.50. The molecule has 31 heavy (non-hydrogen) atoms. The van der Waals surface area contributed by atoms with Gasteiger partial charge < -0.3 is 15.2 Å². The first-order valence-corrected chi connectivity index (χ1v) is 10.3. The molecule has 3 amide bonds. The molecule has 0 unspecified atom stereocenters. The van der Waals surface area contributed by atoms with Crippen molar-refractivity contribution >= 4 is 22.7 Å². The number of hydrogen-bond donors (Lipinski definition) is 2. The third-order valence-corrected chi connectivity index (χ3v) is 5.63. The van der Waals surface area contributed by atoms with Crippen molar-refractivity contribution in [1.82, 2.24) is 10.2 Å². The van der Waals surface area contributed by atoms with Gasteiger partial charge in [0.1, 0.15) is 24.0 Å². The normalized spacial score (nSPS) is 19.5. The van der Waals surface area contributed by atoms with Crippen LogP contribution in [0.25, 0.3) is 10.8 Å². The maximum atomic E-state index is 13.3. The zero-order chi connectivity index (χ0) is 22.2. The van der Waals surface area contributed by atoms with Crippen LogP contribution in [0, 0.1) is 13.8 Å². The van der Waals surface area contributed by atoms with Crippen molar-refractivity contribution in [2.75, 3.05) is 13.2 Å². The van der Waals surface area contributed by atoms with E-state index in [0.717, 1.165) is 32.4 Å². The molecule has 1 aliphatic rings. The summed E-state index contributed by atoms with van der Waals surface area (Å²) in [6.07, 6.45) is -1.01. The number of hydrogen-bond acceptors (Lipinski definition) is 4. The molecule has 2 atom stereocenters. The van der Waals surface area contributed by atoms with E-state index in [9.17, 15) is 14.7 Å². The lowest BCUT2D eigenvalue weighted by Crippen LogP contribution is -2.43. The van der Waals surface area contributed by atoms with E-state index < -0.39 is 17.7 Å². The zero-order valence-corrected chi connectivity index (χ0v) is 17.9. The molecule has 0 saturated carbocycles. The largest absolute Gasteiger partial charge is 0.491 e. The average Bonchev–Trinajstić information content (AvgIpc) is 2.95. The Bertz CT molecular complexity index is 1130. The Morgan fingerprint density at radius 1 is 1.03 bits per heavy atom. The van der Waals surface area contributed by atoms with Gasteiger partial charge in [0.05, 0.1) is 6.54 Å². The van der Waals surface area contributed by atoms with E-state index in [1.807, 2.05) is 74.5 Å². The number of rotatable bonds is 6. The first kappa shape index (κ1) is 20.9. The van der Waals surface area contributed by atoms with E-state index in [1.54, 1.807) is 6.92 Å². The summed E-state index contributed by atoms with van der Waals surface area (Å²) in [6.45, 7) is 5.48. The molecule has 4 rings (SSSR count). The minimum Gasteiger partial charge on any atom is -0.491 e. The Morgan fingerprint density at radius 2 is 1.71 bits per heavy atom. The lowest BCUT2D eigenvalue weighted by atomic mass is 9.88. The minimum absolute atomic E-state index is 0.0229. The van der Waals surface area contributed by atoms with Crippen molar-refractivity contribution < 1.29 is 19.4 Å². The van der Waals surface area contributed by atoms with Crippen LogP contribution in [-0.2, 0) is 10.3 Å². The van der Waals surface area contributed by atoms with Crippen LogP contribution >= 0.6 is 0 Å². The molecule has 1 fully saturated rings. The Kier molecular flexibility index (Phi) is 5.41. The third kappa shape index (κ3) is 3.99. The molecular weight excluding hydrogens is 392 g/mol. The first-order valence-electron chi connectivity index (χ1n) is 10.3. The van der Waals surface area contributed by atoms with Gasteiger partial charge in [-0.1, -0.05) is 48.5 Å². The molecule has 0 aliphatic carbocycles.